The van der Waals surface area contributed by atoms with Crippen LogP contribution in [0.3, 0.4) is 0 Å². The second kappa shape index (κ2) is 1.65. The zero-order valence-electron chi connectivity index (χ0n) is 5.13. The van der Waals surface area contributed by atoms with Gasteiger partial charge in [-0.25, -0.2) is 0 Å². The van der Waals surface area contributed by atoms with Crippen LogP contribution in [0, 0.1) is 0 Å². The fraction of sp³-hybridized carbons (Fsp3) is 0.800. The van der Waals surface area contributed by atoms with E-state index in [1.54, 1.807) is 0 Å². The van der Waals surface area contributed by atoms with E-state index in [4.69, 9.17) is 0 Å². The van der Waals surface area contributed by atoms with E-state index < -0.39 is 0 Å². The molecule has 0 unspecified atom stereocenters. The fourth-order valence-corrected chi connectivity index (χ4v) is 0.514. The maximum atomic E-state index is 3.94. The molecule has 0 spiro atoms. The fourth-order valence-electron chi connectivity index (χ4n) is 0.514. The van der Waals surface area contributed by atoms with Crippen molar-refractivity contribution in [2.75, 3.05) is 6.54 Å². The highest BCUT2D eigenvalue weighted by Crippen LogP contribution is 2.11. The molecule has 0 radical (unpaired) electrons. The predicted molar refractivity (Wildman–Crippen MR) is 32.3 cm³/mol. The molecule has 0 saturated carbocycles. The van der Waals surface area contributed by atoms with Gasteiger partial charge in [0.05, 0.1) is 12.1 Å². The average Bonchev–Trinajstić information content (AvgIpc) is 1.65. The molecule has 0 atom stereocenters. The molecular formula is C5H9N3. The molecule has 0 N–H and O–H groups in total. The van der Waals surface area contributed by atoms with Crippen molar-refractivity contribution in [2.45, 2.75) is 19.4 Å². The van der Waals surface area contributed by atoms with Gasteiger partial charge in [-0.2, -0.15) is 5.11 Å². The minimum absolute atomic E-state index is 0.0608. The molecule has 1 aliphatic heterocycles. The molecule has 8 heavy (non-hydrogen) atoms. The molecule has 3 nitrogen and oxygen atoms in total. The third kappa shape index (κ3) is 1.12. The Balaban J connectivity index is 2.65. The highest BCUT2D eigenvalue weighted by atomic mass is 15.2. The van der Waals surface area contributed by atoms with Gasteiger partial charge in [0.1, 0.15) is 6.34 Å². The number of hydrogen-bond acceptors (Lipinski definition) is 3. The summed E-state index contributed by atoms with van der Waals surface area (Å²) in [5.74, 6) is 0. The van der Waals surface area contributed by atoms with E-state index >= 15 is 0 Å². The van der Waals surface area contributed by atoms with Crippen molar-refractivity contribution >= 4 is 6.34 Å². The first-order valence-corrected chi connectivity index (χ1v) is 2.61. The smallest absolute Gasteiger partial charge is 0.132 e. The van der Waals surface area contributed by atoms with Crippen LogP contribution in [-0.2, 0) is 0 Å². The maximum absolute atomic E-state index is 3.94. The van der Waals surface area contributed by atoms with Gasteiger partial charge in [-0.1, -0.05) is 0 Å². The molecule has 0 saturated heterocycles. The number of hydrogen-bond donors (Lipinski definition) is 0. The van der Waals surface area contributed by atoms with Crippen LogP contribution in [0.25, 0.3) is 0 Å². The highest BCUT2D eigenvalue weighted by Gasteiger charge is 2.16. The second-order valence-corrected chi connectivity index (χ2v) is 2.48. The van der Waals surface area contributed by atoms with Crippen molar-refractivity contribution in [2.24, 2.45) is 15.2 Å². The Morgan fingerprint density at radius 3 is 2.50 bits per heavy atom. The lowest BCUT2D eigenvalue weighted by Gasteiger charge is -2.15. The van der Waals surface area contributed by atoms with E-state index in [2.05, 4.69) is 15.2 Å². The summed E-state index contributed by atoms with van der Waals surface area (Å²) in [6.45, 7) is 4.77. The van der Waals surface area contributed by atoms with Gasteiger partial charge in [0.2, 0.25) is 0 Å². The lowest BCUT2D eigenvalue weighted by atomic mass is 10.1. The van der Waals surface area contributed by atoms with E-state index in [0.717, 1.165) is 6.54 Å². The van der Waals surface area contributed by atoms with Crippen LogP contribution >= 0.6 is 0 Å². The van der Waals surface area contributed by atoms with Crippen molar-refractivity contribution in [3.05, 3.63) is 0 Å². The molecule has 0 amide bonds. The van der Waals surface area contributed by atoms with Gasteiger partial charge in [0.25, 0.3) is 0 Å². The average molecular weight is 111 g/mol. The Morgan fingerprint density at radius 2 is 2.25 bits per heavy atom. The molecule has 44 valence electrons. The van der Waals surface area contributed by atoms with E-state index in [1.165, 1.54) is 6.34 Å². The number of azo groups is 1. The van der Waals surface area contributed by atoms with Crippen molar-refractivity contribution in [1.29, 1.82) is 0 Å². The Hall–Kier alpha value is -0.730. The van der Waals surface area contributed by atoms with Crippen LogP contribution in [-0.4, -0.2) is 18.4 Å². The lowest BCUT2D eigenvalue weighted by Crippen LogP contribution is -2.22. The predicted octanol–water partition coefficient (Wildman–Crippen LogP) is 1.26. The van der Waals surface area contributed by atoms with Crippen LogP contribution in [0.5, 0.6) is 0 Å². The first-order valence-electron chi connectivity index (χ1n) is 2.61. The minimum Gasteiger partial charge on any atom is -0.269 e. The summed E-state index contributed by atoms with van der Waals surface area (Å²) in [4.78, 5) is 3.94. The third-order valence-electron chi connectivity index (χ3n) is 0.940. The van der Waals surface area contributed by atoms with Crippen molar-refractivity contribution in [3.8, 4) is 0 Å². The van der Waals surface area contributed by atoms with Gasteiger partial charge in [-0.15, -0.1) is 5.11 Å². The zero-order chi connectivity index (χ0) is 6.04. The minimum atomic E-state index is -0.0608. The van der Waals surface area contributed by atoms with Crippen LogP contribution < -0.4 is 0 Å². The molecule has 0 aromatic rings. The SMILES string of the molecule is CC1(C)CN=CN=N1. The Kier molecular flexibility index (Phi) is 1.12. The molecule has 1 rings (SSSR count). The van der Waals surface area contributed by atoms with Crippen LogP contribution in [0.2, 0.25) is 0 Å². The summed E-state index contributed by atoms with van der Waals surface area (Å²) in [6, 6.07) is 0. The van der Waals surface area contributed by atoms with Gasteiger partial charge in [-0.3, -0.25) is 4.99 Å². The van der Waals surface area contributed by atoms with E-state index in [0.29, 0.717) is 0 Å². The molecule has 0 aromatic heterocycles. The molecular weight excluding hydrogens is 102 g/mol. The zero-order valence-corrected chi connectivity index (χ0v) is 5.13. The maximum Gasteiger partial charge on any atom is 0.132 e. The van der Waals surface area contributed by atoms with Gasteiger partial charge in [0, 0.05) is 0 Å². The van der Waals surface area contributed by atoms with Gasteiger partial charge in [0.15, 0.2) is 0 Å². The topological polar surface area (TPSA) is 37.1 Å². The van der Waals surface area contributed by atoms with Crippen molar-refractivity contribution in [3.63, 3.8) is 0 Å². The van der Waals surface area contributed by atoms with Crippen LogP contribution in [0.1, 0.15) is 13.8 Å². The third-order valence-corrected chi connectivity index (χ3v) is 0.940. The monoisotopic (exact) mass is 111 g/mol. The van der Waals surface area contributed by atoms with Crippen LogP contribution in [0.15, 0.2) is 15.2 Å². The second-order valence-electron chi connectivity index (χ2n) is 2.48. The first kappa shape index (κ1) is 5.41. The van der Waals surface area contributed by atoms with E-state index in [1.807, 2.05) is 13.8 Å². The molecule has 0 aromatic carbocycles. The molecule has 1 heterocycles. The molecule has 0 aliphatic carbocycles. The largest absolute Gasteiger partial charge is 0.269 e. The summed E-state index contributed by atoms with van der Waals surface area (Å²) in [7, 11) is 0. The van der Waals surface area contributed by atoms with Gasteiger partial charge >= 0.3 is 0 Å². The quantitative estimate of drug-likeness (QED) is 0.451. The Bertz CT molecular complexity index is 135. The van der Waals surface area contributed by atoms with E-state index in [9.17, 15) is 0 Å². The highest BCUT2D eigenvalue weighted by molar-refractivity contribution is 5.55. The summed E-state index contributed by atoms with van der Waals surface area (Å²) in [6.07, 6.45) is 1.49. The van der Waals surface area contributed by atoms with Gasteiger partial charge < -0.3 is 0 Å². The lowest BCUT2D eigenvalue weighted by molar-refractivity contribution is 0.503. The molecule has 1 aliphatic rings. The van der Waals surface area contributed by atoms with Gasteiger partial charge in [-0.05, 0) is 13.8 Å². The molecule has 3 heteroatoms. The Labute approximate surface area is 48.5 Å². The summed E-state index contributed by atoms with van der Waals surface area (Å²) < 4.78 is 0. The Morgan fingerprint density at radius 1 is 1.50 bits per heavy atom. The summed E-state index contributed by atoms with van der Waals surface area (Å²) in [5.41, 5.74) is -0.0608. The van der Waals surface area contributed by atoms with Crippen LogP contribution in [0.4, 0.5) is 0 Å². The van der Waals surface area contributed by atoms with Crippen molar-refractivity contribution < 1.29 is 0 Å². The summed E-state index contributed by atoms with van der Waals surface area (Å²) >= 11 is 0. The number of nitrogens with zero attached hydrogens (tertiary/aromatic N) is 3. The standard InChI is InChI=1S/C5H9N3/c1-5(2)3-6-4-7-8-5/h4H,3H2,1-2H3. The normalized spacial score (nSPS) is 23.8. The summed E-state index contributed by atoms with van der Waals surface area (Å²) in [5, 5.41) is 7.60. The van der Waals surface area contributed by atoms with Crippen molar-refractivity contribution in [1.82, 2.24) is 0 Å². The van der Waals surface area contributed by atoms with E-state index in [-0.39, 0.29) is 5.54 Å². The molecule has 0 bridgehead atoms. The number of aliphatic imine (C=N–C) groups is 1. The number of rotatable bonds is 0. The first-order chi connectivity index (χ1) is 3.71. The molecule has 0 fully saturated rings.